The van der Waals surface area contributed by atoms with Crippen LogP contribution in [0.3, 0.4) is 0 Å². The van der Waals surface area contributed by atoms with Crippen molar-refractivity contribution in [3.05, 3.63) is 0 Å². The van der Waals surface area contributed by atoms with Crippen molar-refractivity contribution in [3.8, 4) is 0 Å². The molecule has 0 heterocycles. The molecule has 0 spiro atoms. The average molecular weight is 164 g/mol. The fourth-order valence-electron chi connectivity index (χ4n) is 0.491. The Balaban J connectivity index is 0. The van der Waals surface area contributed by atoms with Crippen LogP contribution in [0.25, 0.3) is 0 Å². The second-order valence-electron chi connectivity index (χ2n) is 1.90. The zero-order valence-electron chi connectivity index (χ0n) is 7.71. The van der Waals surface area contributed by atoms with Crippen LogP contribution in [0.4, 0.5) is 0 Å². The quantitative estimate of drug-likeness (QED) is 0.554. The largest absolute Gasteiger partial charge is 0.395 e. The van der Waals surface area contributed by atoms with Gasteiger partial charge in [-0.1, -0.05) is 13.8 Å². The van der Waals surface area contributed by atoms with Crippen LogP contribution in [0.5, 0.6) is 0 Å². The van der Waals surface area contributed by atoms with Gasteiger partial charge in [-0.05, 0) is 7.05 Å². The van der Waals surface area contributed by atoms with E-state index in [2.05, 4.69) is 4.84 Å². The van der Waals surface area contributed by atoms with E-state index < -0.39 is 0 Å². The van der Waals surface area contributed by atoms with Gasteiger partial charge in [-0.15, -0.1) is 0 Å². The molecule has 0 atom stereocenters. The molecule has 0 aromatic rings. The standard InChI is InChI=1S/C5H14N2O2.C2H6/c1-7(2-4-8)3-5-9-6;1-2/h8H,2-6H2,1H3;1-2H3. The highest BCUT2D eigenvalue weighted by Gasteiger charge is 1.93. The van der Waals surface area contributed by atoms with E-state index in [1.165, 1.54) is 0 Å². The lowest BCUT2D eigenvalue weighted by atomic mass is 10.5. The fourth-order valence-corrected chi connectivity index (χ4v) is 0.491. The van der Waals surface area contributed by atoms with Gasteiger partial charge in [0, 0.05) is 13.1 Å². The number of nitrogens with two attached hydrogens (primary N) is 1. The third-order valence-electron chi connectivity index (χ3n) is 1.07. The molecule has 4 heteroatoms. The molecule has 0 aromatic carbocycles. The summed E-state index contributed by atoms with van der Waals surface area (Å²) in [5, 5.41) is 8.42. The van der Waals surface area contributed by atoms with Crippen molar-refractivity contribution in [3.63, 3.8) is 0 Å². The summed E-state index contributed by atoms with van der Waals surface area (Å²) < 4.78 is 0. The van der Waals surface area contributed by atoms with Gasteiger partial charge in [0.25, 0.3) is 0 Å². The molecule has 0 aliphatic carbocycles. The summed E-state index contributed by atoms with van der Waals surface area (Å²) in [4.78, 5) is 6.27. The summed E-state index contributed by atoms with van der Waals surface area (Å²) >= 11 is 0. The third kappa shape index (κ3) is 12.9. The zero-order valence-corrected chi connectivity index (χ0v) is 7.71. The van der Waals surface area contributed by atoms with Crippen LogP contribution >= 0.6 is 0 Å². The van der Waals surface area contributed by atoms with Gasteiger partial charge in [0.1, 0.15) is 0 Å². The average Bonchev–Trinajstić information content (AvgIpc) is 2.05. The smallest absolute Gasteiger partial charge is 0.0806 e. The zero-order chi connectivity index (χ0) is 9.11. The number of rotatable bonds is 5. The molecule has 0 rings (SSSR count). The molecule has 0 aliphatic rings. The first-order valence-corrected chi connectivity index (χ1v) is 3.92. The van der Waals surface area contributed by atoms with Gasteiger partial charge in [0.15, 0.2) is 0 Å². The molecule has 0 radical (unpaired) electrons. The third-order valence-corrected chi connectivity index (χ3v) is 1.07. The van der Waals surface area contributed by atoms with E-state index in [0.717, 1.165) is 6.54 Å². The predicted molar refractivity (Wildman–Crippen MR) is 46.1 cm³/mol. The molecule has 11 heavy (non-hydrogen) atoms. The summed E-state index contributed by atoms with van der Waals surface area (Å²) in [6.45, 7) is 6.12. The molecular weight excluding hydrogens is 144 g/mol. The molecule has 0 unspecified atom stereocenters. The van der Waals surface area contributed by atoms with Crippen molar-refractivity contribution >= 4 is 0 Å². The Hall–Kier alpha value is -0.160. The summed E-state index contributed by atoms with van der Waals surface area (Å²) in [6.07, 6.45) is 0. The van der Waals surface area contributed by atoms with E-state index in [9.17, 15) is 0 Å². The van der Waals surface area contributed by atoms with Crippen molar-refractivity contribution < 1.29 is 9.94 Å². The van der Waals surface area contributed by atoms with Gasteiger partial charge < -0.3 is 14.8 Å². The van der Waals surface area contributed by atoms with E-state index in [0.29, 0.717) is 13.2 Å². The molecule has 0 saturated heterocycles. The Morgan fingerprint density at radius 1 is 1.36 bits per heavy atom. The van der Waals surface area contributed by atoms with E-state index >= 15 is 0 Å². The first kappa shape index (κ1) is 13.4. The molecule has 0 fully saturated rings. The maximum absolute atomic E-state index is 8.42. The number of aliphatic hydroxyl groups excluding tert-OH is 1. The first-order valence-electron chi connectivity index (χ1n) is 3.92. The topological polar surface area (TPSA) is 58.7 Å². The Morgan fingerprint density at radius 2 is 1.91 bits per heavy atom. The number of hydrogen-bond donors (Lipinski definition) is 2. The number of nitrogens with zero attached hydrogens (tertiary/aromatic N) is 1. The minimum atomic E-state index is 0.182. The first-order chi connectivity index (χ1) is 5.31. The normalized spacial score (nSPS) is 9.27. The Labute approximate surface area is 68.9 Å². The monoisotopic (exact) mass is 164 g/mol. The van der Waals surface area contributed by atoms with Gasteiger partial charge in [-0.2, -0.15) is 0 Å². The van der Waals surface area contributed by atoms with Crippen molar-refractivity contribution in [2.75, 3.05) is 33.4 Å². The van der Waals surface area contributed by atoms with Crippen LogP contribution in [0.1, 0.15) is 13.8 Å². The number of likely N-dealkylation sites (N-methyl/N-ethyl adjacent to an activating group) is 1. The lowest BCUT2D eigenvalue weighted by molar-refractivity contribution is 0.107. The highest BCUT2D eigenvalue weighted by atomic mass is 16.6. The van der Waals surface area contributed by atoms with Crippen molar-refractivity contribution in [1.29, 1.82) is 0 Å². The molecule has 4 nitrogen and oxygen atoms in total. The van der Waals surface area contributed by atoms with Crippen molar-refractivity contribution in [1.82, 2.24) is 4.90 Å². The van der Waals surface area contributed by atoms with Gasteiger partial charge in [-0.3, -0.25) is 0 Å². The van der Waals surface area contributed by atoms with Gasteiger partial charge in [0.2, 0.25) is 0 Å². The lowest BCUT2D eigenvalue weighted by Crippen LogP contribution is -2.26. The fraction of sp³-hybridized carbons (Fsp3) is 1.00. The van der Waals surface area contributed by atoms with Crippen LogP contribution < -0.4 is 5.90 Å². The molecule has 0 bridgehead atoms. The van der Waals surface area contributed by atoms with Crippen molar-refractivity contribution in [2.24, 2.45) is 5.90 Å². The molecule has 70 valence electrons. The van der Waals surface area contributed by atoms with Crippen LogP contribution in [-0.4, -0.2) is 43.4 Å². The van der Waals surface area contributed by atoms with Crippen LogP contribution in [0, 0.1) is 0 Å². The van der Waals surface area contributed by atoms with Crippen molar-refractivity contribution in [2.45, 2.75) is 13.8 Å². The molecular formula is C7H20N2O2. The minimum absolute atomic E-state index is 0.182. The summed E-state index contributed by atoms with van der Waals surface area (Å²) in [5.41, 5.74) is 0. The Bertz CT molecular complexity index is 62.4. The number of aliphatic hydroxyl groups is 1. The molecule has 0 amide bonds. The molecule has 0 saturated carbocycles. The second kappa shape index (κ2) is 12.5. The molecule has 0 aromatic heterocycles. The lowest BCUT2D eigenvalue weighted by Gasteiger charge is -2.12. The Kier molecular flexibility index (Phi) is 15.3. The maximum Gasteiger partial charge on any atom is 0.0806 e. The minimum Gasteiger partial charge on any atom is -0.395 e. The maximum atomic E-state index is 8.42. The molecule has 0 aliphatic heterocycles. The highest BCUT2D eigenvalue weighted by Crippen LogP contribution is 1.78. The van der Waals surface area contributed by atoms with Gasteiger partial charge in [0.05, 0.1) is 13.2 Å². The predicted octanol–water partition coefficient (Wildman–Crippen LogP) is -0.173. The second-order valence-corrected chi connectivity index (χ2v) is 1.90. The van der Waals surface area contributed by atoms with Crippen LogP contribution in [0.15, 0.2) is 0 Å². The highest BCUT2D eigenvalue weighted by molar-refractivity contribution is 4.46. The van der Waals surface area contributed by atoms with Crippen LogP contribution in [-0.2, 0) is 4.84 Å². The van der Waals surface area contributed by atoms with E-state index in [4.69, 9.17) is 11.0 Å². The van der Waals surface area contributed by atoms with E-state index in [-0.39, 0.29) is 6.61 Å². The van der Waals surface area contributed by atoms with E-state index in [1.54, 1.807) is 0 Å². The van der Waals surface area contributed by atoms with Gasteiger partial charge in [-0.25, -0.2) is 5.90 Å². The number of hydrogen-bond acceptors (Lipinski definition) is 4. The summed E-state index contributed by atoms with van der Waals surface area (Å²) in [5.74, 6) is 4.78. The summed E-state index contributed by atoms with van der Waals surface area (Å²) in [7, 11) is 1.90. The Morgan fingerprint density at radius 3 is 2.27 bits per heavy atom. The van der Waals surface area contributed by atoms with Gasteiger partial charge >= 0.3 is 0 Å². The summed E-state index contributed by atoms with van der Waals surface area (Å²) in [6, 6.07) is 0. The van der Waals surface area contributed by atoms with E-state index in [1.807, 2.05) is 25.8 Å². The molecule has 3 N–H and O–H groups in total. The van der Waals surface area contributed by atoms with Crippen LogP contribution in [0.2, 0.25) is 0 Å². The SMILES string of the molecule is CC.CN(CCO)CCON.